The van der Waals surface area contributed by atoms with Crippen molar-refractivity contribution in [1.29, 1.82) is 0 Å². The molecule has 6 nitrogen and oxygen atoms in total. The second-order valence-electron chi connectivity index (χ2n) is 4.84. The van der Waals surface area contributed by atoms with Gasteiger partial charge in [0.2, 0.25) is 11.9 Å². The molecular formula is C11H16BrN5O. The van der Waals surface area contributed by atoms with Gasteiger partial charge in [-0.05, 0) is 29.8 Å². The molecule has 1 aliphatic heterocycles. The lowest BCUT2D eigenvalue weighted by Gasteiger charge is -2.45. The van der Waals surface area contributed by atoms with Gasteiger partial charge in [-0.2, -0.15) is 4.98 Å². The smallest absolute Gasteiger partial charge is 0.247 e. The molecule has 0 atom stereocenters. The maximum Gasteiger partial charge on any atom is 0.247 e. The molecule has 0 radical (unpaired) electrons. The molecule has 1 amide bonds. The van der Waals surface area contributed by atoms with Crippen molar-refractivity contribution >= 4 is 33.6 Å². The minimum Gasteiger partial charge on any atom is -0.368 e. The van der Waals surface area contributed by atoms with Gasteiger partial charge in [-0.25, -0.2) is 4.98 Å². The third kappa shape index (κ3) is 2.03. The van der Waals surface area contributed by atoms with Crippen molar-refractivity contribution < 1.29 is 4.79 Å². The summed E-state index contributed by atoms with van der Waals surface area (Å²) in [5.74, 6) is 0.933. The van der Waals surface area contributed by atoms with E-state index in [0.717, 1.165) is 4.47 Å². The highest BCUT2D eigenvalue weighted by atomic mass is 79.9. The van der Waals surface area contributed by atoms with Crippen LogP contribution in [0.3, 0.4) is 0 Å². The number of halogens is 1. The summed E-state index contributed by atoms with van der Waals surface area (Å²) in [6, 6.07) is 0. The first-order valence-electron chi connectivity index (χ1n) is 5.65. The van der Waals surface area contributed by atoms with Crippen molar-refractivity contribution in [3.63, 3.8) is 0 Å². The van der Waals surface area contributed by atoms with E-state index in [4.69, 9.17) is 5.73 Å². The fourth-order valence-electron chi connectivity index (χ4n) is 2.14. The molecule has 1 saturated heterocycles. The fraction of sp³-hybridized carbons (Fsp3) is 0.545. The van der Waals surface area contributed by atoms with Crippen molar-refractivity contribution in [3.8, 4) is 0 Å². The zero-order chi connectivity index (χ0) is 13.5. The summed E-state index contributed by atoms with van der Waals surface area (Å²) in [5.41, 5.74) is 4.98. The highest BCUT2D eigenvalue weighted by molar-refractivity contribution is 9.10. The van der Waals surface area contributed by atoms with Crippen LogP contribution in [0.2, 0.25) is 0 Å². The van der Waals surface area contributed by atoms with E-state index < -0.39 is 5.54 Å². The van der Waals surface area contributed by atoms with Crippen LogP contribution < -0.4 is 10.6 Å². The van der Waals surface area contributed by atoms with Crippen LogP contribution in [0.1, 0.15) is 13.8 Å². The average molecular weight is 314 g/mol. The van der Waals surface area contributed by atoms with Crippen molar-refractivity contribution in [2.45, 2.75) is 19.4 Å². The lowest BCUT2D eigenvalue weighted by molar-refractivity contribution is -0.136. The number of piperazine rings is 1. The zero-order valence-corrected chi connectivity index (χ0v) is 12.2. The molecule has 0 spiro atoms. The number of nitrogen functional groups attached to an aromatic ring is 1. The number of nitrogens with two attached hydrogens (primary N) is 1. The third-order valence-corrected chi connectivity index (χ3v) is 3.76. The fourth-order valence-corrected chi connectivity index (χ4v) is 2.55. The molecule has 1 fully saturated rings. The van der Waals surface area contributed by atoms with Gasteiger partial charge in [-0.15, -0.1) is 0 Å². The number of hydrogen-bond acceptors (Lipinski definition) is 5. The first-order chi connectivity index (χ1) is 8.34. The molecule has 7 heteroatoms. The molecule has 2 N–H and O–H groups in total. The van der Waals surface area contributed by atoms with E-state index in [0.29, 0.717) is 18.9 Å². The second-order valence-corrected chi connectivity index (χ2v) is 5.69. The molecule has 1 aromatic heterocycles. The van der Waals surface area contributed by atoms with E-state index in [2.05, 4.69) is 25.9 Å². The molecule has 0 saturated carbocycles. The van der Waals surface area contributed by atoms with Crippen LogP contribution in [0.5, 0.6) is 0 Å². The Bertz CT molecular complexity index is 490. The predicted molar refractivity (Wildman–Crippen MR) is 73.2 cm³/mol. The van der Waals surface area contributed by atoms with Gasteiger partial charge < -0.3 is 15.5 Å². The monoisotopic (exact) mass is 313 g/mol. The number of carbonyl (C=O) groups is 1. The van der Waals surface area contributed by atoms with Gasteiger partial charge in [-0.3, -0.25) is 4.79 Å². The standard InChI is InChI=1S/C11H16BrN5O/c1-11(2)9(18)16(3)4-5-17(11)8-7(12)6-14-10(13)15-8/h6H,4-5H2,1-3H3,(H2,13,14,15). The van der Waals surface area contributed by atoms with E-state index in [1.54, 1.807) is 11.1 Å². The molecule has 1 aliphatic rings. The molecule has 0 unspecified atom stereocenters. The Kier molecular flexibility index (Phi) is 3.18. The minimum absolute atomic E-state index is 0.0674. The third-order valence-electron chi connectivity index (χ3n) is 3.20. The zero-order valence-electron chi connectivity index (χ0n) is 10.6. The number of nitrogens with zero attached hydrogens (tertiary/aromatic N) is 4. The summed E-state index contributed by atoms with van der Waals surface area (Å²) in [7, 11) is 1.81. The summed E-state index contributed by atoms with van der Waals surface area (Å²) in [5, 5.41) is 0. The minimum atomic E-state index is -0.643. The predicted octanol–water partition coefficient (Wildman–Crippen LogP) is 0.878. The van der Waals surface area contributed by atoms with E-state index >= 15 is 0 Å². The Hall–Kier alpha value is -1.37. The normalized spacial score (nSPS) is 19.2. The summed E-state index contributed by atoms with van der Waals surface area (Å²) >= 11 is 3.41. The average Bonchev–Trinajstić information content (AvgIpc) is 2.30. The number of aromatic nitrogens is 2. The summed E-state index contributed by atoms with van der Waals surface area (Å²) in [6.45, 7) is 5.15. The van der Waals surface area contributed by atoms with Crippen LogP contribution in [0.4, 0.5) is 11.8 Å². The Morgan fingerprint density at radius 2 is 2.11 bits per heavy atom. The number of rotatable bonds is 1. The van der Waals surface area contributed by atoms with E-state index in [1.807, 2.05) is 25.8 Å². The number of anilines is 2. The summed E-state index contributed by atoms with van der Waals surface area (Å²) in [4.78, 5) is 24.0. The second kappa shape index (κ2) is 4.38. The van der Waals surface area contributed by atoms with Crippen LogP contribution in [-0.4, -0.2) is 46.5 Å². The molecule has 0 aromatic carbocycles. The van der Waals surface area contributed by atoms with Crippen LogP contribution >= 0.6 is 15.9 Å². The van der Waals surface area contributed by atoms with E-state index in [1.165, 1.54) is 0 Å². The van der Waals surface area contributed by atoms with Crippen LogP contribution in [0.15, 0.2) is 10.7 Å². The molecule has 2 rings (SSSR count). The van der Waals surface area contributed by atoms with Gasteiger partial charge in [-0.1, -0.05) is 0 Å². The van der Waals surface area contributed by atoms with Gasteiger partial charge in [0, 0.05) is 26.3 Å². The Balaban J connectivity index is 2.44. The maximum atomic E-state index is 12.2. The molecule has 0 bridgehead atoms. The molecule has 98 valence electrons. The maximum absolute atomic E-state index is 12.2. The van der Waals surface area contributed by atoms with Crippen molar-refractivity contribution in [3.05, 3.63) is 10.7 Å². The van der Waals surface area contributed by atoms with Gasteiger partial charge in [0.1, 0.15) is 11.4 Å². The summed E-state index contributed by atoms with van der Waals surface area (Å²) < 4.78 is 0.738. The largest absolute Gasteiger partial charge is 0.368 e. The van der Waals surface area contributed by atoms with Crippen LogP contribution in [0.25, 0.3) is 0 Å². The molecule has 2 heterocycles. The van der Waals surface area contributed by atoms with E-state index in [-0.39, 0.29) is 11.9 Å². The van der Waals surface area contributed by atoms with Crippen LogP contribution in [0, 0.1) is 0 Å². The van der Waals surface area contributed by atoms with Crippen molar-refractivity contribution in [1.82, 2.24) is 14.9 Å². The highest BCUT2D eigenvalue weighted by Gasteiger charge is 2.41. The first-order valence-corrected chi connectivity index (χ1v) is 6.44. The number of carbonyl (C=O) groups excluding carboxylic acids is 1. The topological polar surface area (TPSA) is 75.3 Å². The van der Waals surface area contributed by atoms with Crippen molar-refractivity contribution in [2.24, 2.45) is 0 Å². The number of amides is 1. The lowest BCUT2D eigenvalue weighted by Crippen LogP contribution is -2.62. The van der Waals surface area contributed by atoms with Gasteiger partial charge in [0.05, 0.1) is 4.47 Å². The molecule has 18 heavy (non-hydrogen) atoms. The Morgan fingerprint density at radius 1 is 1.44 bits per heavy atom. The first kappa shape index (κ1) is 13.1. The Morgan fingerprint density at radius 3 is 2.78 bits per heavy atom. The molecule has 0 aliphatic carbocycles. The number of hydrogen-bond donors (Lipinski definition) is 1. The quantitative estimate of drug-likeness (QED) is 0.833. The molecule has 1 aromatic rings. The number of likely N-dealkylation sites (N-methyl/N-ethyl adjacent to an activating group) is 1. The SMILES string of the molecule is CN1CCN(c2nc(N)ncc2Br)C(C)(C)C1=O. The van der Waals surface area contributed by atoms with Gasteiger partial charge >= 0.3 is 0 Å². The van der Waals surface area contributed by atoms with E-state index in [9.17, 15) is 4.79 Å². The highest BCUT2D eigenvalue weighted by Crippen LogP contribution is 2.32. The lowest BCUT2D eigenvalue weighted by atomic mass is 9.98. The summed E-state index contributed by atoms with van der Waals surface area (Å²) in [6.07, 6.45) is 1.61. The molecular weight excluding hydrogens is 298 g/mol. The van der Waals surface area contributed by atoms with Gasteiger partial charge in [0.25, 0.3) is 0 Å². The van der Waals surface area contributed by atoms with Crippen molar-refractivity contribution in [2.75, 3.05) is 30.8 Å². The van der Waals surface area contributed by atoms with Crippen LogP contribution in [-0.2, 0) is 4.79 Å². The Labute approximate surface area is 114 Å². The van der Waals surface area contributed by atoms with Gasteiger partial charge in [0.15, 0.2) is 0 Å².